The van der Waals surface area contributed by atoms with Gasteiger partial charge in [-0.15, -0.1) is 0 Å². The van der Waals surface area contributed by atoms with Crippen LogP contribution in [0.4, 0.5) is 0 Å². The molecule has 0 aliphatic carbocycles. The summed E-state index contributed by atoms with van der Waals surface area (Å²) in [6.45, 7) is 4.94. The fourth-order valence-electron chi connectivity index (χ4n) is 1.47. The minimum atomic E-state index is -0.916. The van der Waals surface area contributed by atoms with Crippen LogP contribution in [0.1, 0.15) is 27.2 Å². The summed E-state index contributed by atoms with van der Waals surface area (Å²) in [6.07, 6.45) is 0.285. The highest BCUT2D eigenvalue weighted by Crippen LogP contribution is 2.20. The maximum absolute atomic E-state index is 11.6. The fraction of sp³-hybridized carbons (Fsp3) is 0.545. The lowest BCUT2D eigenvalue weighted by molar-refractivity contribution is -0.143. The lowest BCUT2D eigenvalue weighted by Gasteiger charge is -2.15. The van der Waals surface area contributed by atoms with E-state index in [2.05, 4.69) is 0 Å². The Morgan fingerprint density at radius 3 is 2.06 bits per heavy atom. The SMILES string of the molecule is CC1=C(C)C(=O)N(CCC(C)C(=O)O)C1=O. The zero-order valence-corrected chi connectivity index (χ0v) is 9.61. The van der Waals surface area contributed by atoms with E-state index in [0.29, 0.717) is 11.1 Å². The third-order valence-corrected chi connectivity index (χ3v) is 2.90. The molecule has 1 rings (SSSR count). The number of hydrogen-bond donors (Lipinski definition) is 1. The molecular formula is C11H15NO4. The van der Waals surface area contributed by atoms with Crippen LogP contribution in [-0.2, 0) is 14.4 Å². The molecule has 0 spiro atoms. The molecule has 0 saturated carbocycles. The highest BCUT2D eigenvalue weighted by atomic mass is 16.4. The van der Waals surface area contributed by atoms with Crippen molar-refractivity contribution in [1.82, 2.24) is 4.90 Å². The topological polar surface area (TPSA) is 74.7 Å². The van der Waals surface area contributed by atoms with E-state index in [9.17, 15) is 14.4 Å². The van der Waals surface area contributed by atoms with E-state index in [4.69, 9.17) is 5.11 Å². The minimum absolute atomic E-state index is 0.166. The molecule has 1 aliphatic rings. The van der Waals surface area contributed by atoms with E-state index in [0.717, 1.165) is 4.90 Å². The summed E-state index contributed by atoms with van der Waals surface area (Å²) in [5.74, 6) is -2.08. The summed E-state index contributed by atoms with van der Waals surface area (Å²) in [7, 11) is 0. The summed E-state index contributed by atoms with van der Waals surface area (Å²) in [4.78, 5) is 34.9. The van der Waals surface area contributed by atoms with E-state index < -0.39 is 11.9 Å². The van der Waals surface area contributed by atoms with Gasteiger partial charge in [0.1, 0.15) is 0 Å². The van der Waals surface area contributed by atoms with Gasteiger partial charge < -0.3 is 5.11 Å². The average Bonchev–Trinajstić information content (AvgIpc) is 2.41. The molecule has 16 heavy (non-hydrogen) atoms. The van der Waals surface area contributed by atoms with Gasteiger partial charge >= 0.3 is 5.97 Å². The standard InChI is InChI=1S/C11H15NO4/c1-6(11(15)16)4-5-12-9(13)7(2)8(3)10(12)14/h6H,4-5H2,1-3H3,(H,15,16). The Balaban J connectivity index is 2.63. The van der Waals surface area contributed by atoms with E-state index in [1.807, 2.05) is 0 Å². The predicted molar refractivity (Wildman–Crippen MR) is 56.5 cm³/mol. The molecule has 1 heterocycles. The van der Waals surface area contributed by atoms with Gasteiger partial charge in [0, 0.05) is 17.7 Å². The summed E-state index contributed by atoms with van der Waals surface area (Å²) in [5.41, 5.74) is 0.904. The monoisotopic (exact) mass is 225 g/mol. The van der Waals surface area contributed by atoms with Crippen molar-refractivity contribution in [3.63, 3.8) is 0 Å². The number of hydrogen-bond acceptors (Lipinski definition) is 3. The average molecular weight is 225 g/mol. The molecular weight excluding hydrogens is 210 g/mol. The summed E-state index contributed by atoms with van der Waals surface area (Å²) >= 11 is 0. The van der Waals surface area contributed by atoms with Crippen molar-refractivity contribution in [3.05, 3.63) is 11.1 Å². The van der Waals surface area contributed by atoms with Gasteiger partial charge in [0.25, 0.3) is 11.8 Å². The van der Waals surface area contributed by atoms with Crippen LogP contribution in [0.5, 0.6) is 0 Å². The van der Waals surface area contributed by atoms with E-state index in [1.54, 1.807) is 20.8 Å². The smallest absolute Gasteiger partial charge is 0.306 e. The Hall–Kier alpha value is -1.65. The molecule has 1 unspecified atom stereocenters. The van der Waals surface area contributed by atoms with E-state index in [-0.39, 0.29) is 24.8 Å². The molecule has 5 heteroatoms. The Morgan fingerprint density at radius 1 is 1.25 bits per heavy atom. The van der Waals surface area contributed by atoms with Crippen LogP contribution in [0.25, 0.3) is 0 Å². The summed E-state index contributed by atoms with van der Waals surface area (Å²) < 4.78 is 0. The first kappa shape index (κ1) is 12.4. The molecule has 0 aromatic rings. The summed E-state index contributed by atoms with van der Waals surface area (Å²) in [5, 5.41) is 8.69. The van der Waals surface area contributed by atoms with Crippen LogP contribution in [0.2, 0.25) is 0 Å². The number of nitrogens with zero attached hydrogens (tertiary/aromatic N) is 1. The van der Waals surface area contributed by atoms with Crippen molar-refractivity contribution in [2.24, 2.45) is 5.92 Å². The van der Waals surface area contributed by atoms with Crippen LogP contribution in [0.3, 0.4) is 0 Å². The van der Waals surface area contributed by atoms with Gasteiger partial charge in [-0.1, -0.05) is 6.92 Å². The van der Waals surface area contributed by atoms with Crippen molar-refractivity contribution in [2.75, 3.05) is 6.54 Å². The van der Waals surface area contributed by atoms with Crippen molar-refractivity contribution in [1.29, 1.82) is 0 Å². The molecule has 1 N–H and O–H groups in total. The van der Waals surface area contributed by atoms with Crippen LogP contribution >= 0.6 is 0 Å². The molecule has 0 bridgehead atoms. The lowest BCUT2D eigenvalue weighted by Crippen LogP contribution is -2.33. The minimum Gasteiger partial charge on any atom is -0.481 e. The first-order valence-electron chi connectivity index (χ1n) is 5.12. The first-order valence-corrected chi connectivity index (χ1v) is 5.12. The molecule has 0 radical (unpaired) electrons. The maximum atomic E-state index is 11.6. The molecule has 88 valence electrons. The van der Waals surface area contributed by atoms with Crippen LogP contribution in [0, 0.1) is 5.92 Å². The Kier molecular flexibility index (Phi) is 3.47. The third-order valence-electron chi connectivity index (χ3n) is 2.90. The number of rotatable bonds is 4. The summed E-state index contributed by atoms with van der Waals surface area (Å²) in [6, 6.07) is 0. The molecule has 0 saturated heterocycles. The Morgan fingerprint density at radius 2 is 1.69 bits per heavy atom. The molecule has 2 amide bonds. The van der Waals surface area contributed by atoms with E-state index >= 15 is 0 Å². The second-order valence-electron chi connectivity index (χ2n) is 4.04. The van der Waals surface area contributed by atoms with Crippen LogP contribution < -0.4 is 0 Å². The molecule has 0 aromatic heterocycles. The zero-order chi connectivity index (χ0) is 12.5. The van der Waals surface area contributed by atoms with Crippen molar-refractivity contribution >= 4 is 17.8 Å². The van der Waals surface area contributed by atoms with Gasteiger partial charge in [0.2, 0.25) is 0 Å². The molecule has 1 atom stereocenters. The largest absolute Gasteiger partial charge is 0.481 e. The number of carbonyl (C=O) groups is 3. The van der Waals surface area contributed by atoms with Crippen molar-refractivity contribution < 1.29 is 19.5 Å². The fourth-order valence-corrected chi connectivity index (χ4v) is 1.47. The second kappa shape index (κ2) is 4.47. The van der Waals surface area contributed by atoms with Gasteiger partial charge in [-0.25, -0.2) is 0 Å². The van der Waals surface area contributed by atoms with Gasteiger partial charge in [-0.05, 0) is 20.3 Å². The molecule has 0 fully saturated rings. The predicted octanol–water partition coefficient (Wildman–Crippen LogP) is 0.802. The van der Waals surface area contributed by atoms with Crippen LogP contribution in [0.15, 0.2) is 11.1 Å². The Labute approximate surface area is 93.7 Å². The van der Waals surface area contributed by atoms with Gasteiger partial charge in [-0.2, -0.15) is 0 Å². The number of aliphatic carboxylic acids is 1. The van der Waals surface area contributed by atoms with Crippen molar-refractivity contribution in [3.8, 4) is 0 Å². The quantitative estimate of drug-likeness (QED) is 0.718. The Bertz CT molecular complexity index is 359. The maximum Gasteiger partial charge on any atom is 0.306 e. The van der Waals surface area contributed by atoms with Crippen LogP contribution in [-0.4, -0.2) is 34.3 Å². The second-order valence-corrected chi connectivity index (χ2v) is 4.04. The number of amides is 2. The zero-order valence-electron chi connectivity index (χ0n) is 9.61. The molecule has 0 aromatic carbocycles. The third kappa shape index (κ3) is 2.13. The van der Waals surface area contributed by atoms with E-state index in [1.165, 1.54) is 0 Å². The highest BCUT2D eigenvalue weighted by Gasteiger charge is 2.33. The lowest BCUT2D eigenvalue weighted by atomic mass is 10.1. The molecule has 1 aliphatic heterocycles. The van der Waals surface area contributed by atoms with Gasteiger partial charge in [0.05, 0.1) is 5.92 Å². The van der Waals surface area contributed by atoms with Gasteiger partial charge in [0.15, 0.2) is 0 Å². The number of carboxylic acids is 1. The van der Waals surface area contributed by atoms with Crippen molar-refractivity contribution in [2.45, 2.75) is 27.2 Å². The number of imide groups is 1. The number of carbonyl (C=O) groups excluding carboxylic acids is 2. The van der Waals surface area contributed by atoms with Gasteiger partial charge in [-0.3, -0.25) is 19.3 Å². The first-order chi connectivity index (χ1) is 7.36. The molecule has 5 nitrogen and oxygen atoms in total. The number of carboxylic acid groups (broad SMARTS) is 1. The highest BCUT2D eigenvalue weighted by molar-refractivity contribution is 6.18. The normalized spacial score (nSPS) is 18.3.